The summed E-state index contributed by atoms with van der Waals surface area (Å²) in [7, 11) is 4.29. The number of aromatic nitrogens is 1. The molecule has 0 bridgehead atoms. The van der Waals surface area contributed by atoms with Gasteiger partial charge in [-0.05, 0) is 94.2 Å². The molecule has 5 heteroatoms. The number of amides is 1. The molecule has 156 valence electrons. The Kier molecular flexibility index (Phi) is 4.99. The van der Waals surface area contributed by atoms with Gasteiger partial charge in [-0.15, -0.1) is 0 Å². The summed E-state index contributed by atoms with van der Waals surface area (Å²) < 4.78 is 0. The van der Waals surface area contributed by atoms with Gasteiger partial charge in [0.25, 0.3) is 5.91 Å². The van der Waals surface area contributed by atoms with Crippen LogP contribution in [0.25, 0.3) is 10.9 Å². The third kappa shape index (κ3) is 3.58. The van der Waals surface area contributed by atoms with E-state index < -0.39 is 0 Å². The molecule has 1 unspecified atom stereocenters. The average molecular weight is 403 g/mol. The molecule has 30 heavy (non-hydrogen) atoms. The Balaban J connectivity index is 1.29. The lowest BCUT2D eigenvalue weighted by atomic mass is 9.95. The van der Waals surface area contributed by atoms with Crippen LogP contribution < -0.4 is 10.2 Å². The Hall–Kier alpha value is -2.79. The zero-order chi connectivity index (χ0) is 20.7. The van der Waals surface area contributed by atoms with Crippen LogP contribution in [0.2, 0.25) is 0 Å². The first kappa shape index (κ1) is 19.2. The van der Waals surface area contributed by atoms with Crippen LogP contribution in [-0.4, -0.2) is 49.0 Å². The fraction of sp³-hybridized carbons (Fsp3) is 0.400. The number of hydrogen-bond acceptors (Lipinski definition) is 3. The largest absolute Gasteiger partial charge is 0.370 e. The smallest absolute Gasteiger partial charge is 0.255 e. The lowest BCUT2D eigenvalue weighted by molar-refractivity contribution is 0.102. The fourth-order valence-corrected chi connectivity index (χ4v) is 4.90. The van der Waals surface area contributed by atoms with E-state index in [2.05, 4.69) is 46.3 Å². The lowest BCUT2D eigenvalue weighted by Gasteiger charge is -2.22. The van der Waals surface area contributed by atoms with E-state index in [-0.39, 0.29) is 5.91 Å². The summed E-state index contributed by atoms with van der Waals surface area (Å²) >= 11 is 0. The van der Waals surface area contributed by atoms with Crippen LogP contribution in [0.15, 0.2) is 42.5 Å². The van der Waals surface area contributed by atoms with E-state index in [4.69, 9.17) is 0 Å². The lowest BCUT2D eigenvalue weighted by Crippen LogP contribution is -2.31. The predicted octanol–water partition coefficient (Wildman–Crippen LogP) is 4.44. The second-order valence-corrected chi connectivity index (χ2v) is 8.90. The molecule has 0 saturated carbocycles. The number of nitrogens with one attached hydrogen (secondary N) is 2. The van der Waals surface area contributed by atoms with Gasteiger partial charge in [-0.25, -0.2) is 0 Å². The molecule has 2 aliphatic rings. The van der Waals surface area contributed by atoms with Crippen molar-refractivity contribution in [2.24, 2.45) is 0 Å². The van der Waals surface area contributed by atoms with Gasteiger partial charge < -0.3 is 20.1 Å². The number of carbonyl (C=O) groups excluding carboxylic acids is 1. The zero-order valence-corrected chi connectivity index (χ0v) is 17.9. The molecule has 2 aromatic carbocycles. The van der Waals surface area contributed by atoms with Crippen LogP contribution in [-0.2, 0) is 12.8 Å². The molecule has 1 fully saturated rings. The Morgan fingerprint density at radius 2 is 1.90 bits per heavy atom. The van der Waals surface area contributed by atoms with E-state index in [0.717, 1.165) is 37.1 Å². The van der Waals surface area contributed by atoms with Gasteiger partial charge in [0.15, 0.2) is 0 Å². The number of aryl methyl sites for hydroxylation is 2. The van der Waals surface area contributed by atoms with Crippen LogP contribution in [0.4, 0.5) is 11.4 Å². The number of benzene rings is 2. The molecule has 5 rings (SSSR count). The van der Waals surface area contributed by atoms with Crippen LogP contribution in [0.3, 0.4) is 0 Å². The number of likely N-dealkylation sites (N-methyl/N-ethyl adjacent to an activating group) is 1. The first-order valence-electron chi connectivity index (χ1n) is 11.0. The second-order valence-electron chi connectivity index (χ2n) is 8.90. The topological polar surface area (TPSA) is 51.4 Å². The third-order valence-electron chi connectivity index (χ3n) is 6.74. The zero-order valence-electron chi connectivity index (χ0n) is 17.9. The molecule has 3 aromatic rings. The van der Waals surface area contributed by atoms with Crippen molar-refractivity contribution in [1.29, 1.82) is 0 Å². The maximum absolute atomic E-state index is 12.9. The highest BCUT2D eigenvalue weighted by Crippen LogP contribution is 2.30. The minimum Gasteiger partial charge on any atom is -0.370 e. The van der Waals surface area contributed by atoms with E-state index in [9.17, 15) is 4.79 Å². The molecule has 1 aromatic heterocycles. The van der Waals surface area contributed by atoms with Crippen molar-refractivity contribution in [3.8, 4) is 0 Å². The molecule has 0 spiro atoms. The first-order valence-corrected chi connectivity index (χ1v) is 11.0. The summed E-state index contributed by atoms with van der Waals surface area (Å²) in [6.07, 6.45) is 5.89. The Labute approximate surface area is 178 Å². The summed E-state index contributed by atoms with van der Waals surface area (Å²) in [5.41, 5.74) is 6.66. The number of fused-ring (bicyclic) bond motifs is 3. The van der Waals surface area contributed by atoms with E-state index in [1.807, 2.05) is 30.3 Å². The second kappa shape index (κ2) is 7.80. The van der Waals surface area contributed by atoms with Gasteiger partial charge in [-0.3, -0.25) is 4.79 Å². The van der Waals surface area contributed by atoms with Crippen LogP contribution in [0.5, 0.6) is 0 Å². The van der Waals surface area contributed by atoms with E-state index >= 15 is 0 Å². The Morgan fingerprint density at radius 3 is 2.67 bits per heavy atom. The molecule has 1 atom stereocenters. The molecule has 1 saturated heterocycles. The maximum atomic E-state index is 12.9. The predicted molar refractivity (Wildman–Crippen MR) is 124 cm³/mol. The number of aromatic amines is 1. The third-order valence-corrected chi connectivity index (χ3v) is 6.74. The Bertz CT molecular complexity index is 1070. The van der Waals surface area contributed by atoms with Crippen molar-refractivity contribution < 1.29 is 4.79 Å². The van der Waals surface area contributed by atoms with Crippen molar-refractivity contribution >= 4 is 28.2 Å². The molecular weight excluding hydrogens is 372 g/mol. The van der Waals surface area contributed by atoms with E-state index in [0.29, 0.717) is 11.6 Å². The summed E-state index contributed by atoms with van der Waals surface area (Å²) in [5.74, 6) is -0.0516. The van der Waals surface area contributed by atoms with Gasteiger partial charge in [-0.2, -0.15) is 0 Å². The molecule has 1 aliphatic carbocycles. The summed E-state index contributed by atoms with van der Waals surface area (Å²) in [6, 6.07) is 14.8. The molecular formula is C25H30N4O. The highest BCUT2D eigenvalue weighted by molar-refractivity contribution is 6.06. The van der Waals surface area contributed by atoms with Gasteiger partial charge in [0.2, 0.25) is 0 Å². The highest BCUT2D eigenvalue weighted by atomic mass is 16.1. The number of nitrogens with zero attached hydrogens (tertiary/aromatic N) is 2. The van der Waals surface area contributed by atoms with Crippen molar-refractivity contribution in [3.05, 3.63) is 59.3 Å². The number of rotatable bonds is 4. The van der Waals surface area contributed by atoms with Gasteiger partial charge in [0.05, 0.1) is 0 Å². The monoisotopic (exact) mass is 402 g/mol. The number of hydrogen-bond donors (Lipinski definition) is 2. The minimum absolute atomic E-state index is 0.0516. The number of carbonyl (C=O) groups is 1. The molecule has 1 aliphatic heterocycles. The van der Waals surface area contributed by atoms with Crippen molar-refractivity contribution in [3.63, 3.8) is 0 Å². The standard InChI is InChI=1S/C25H30N4O/c1-28(2)20-13-14-29(16-20)19-10-8-18(9-11-19)26-25(30)17-7-12-24-22(15-17)21-5-3-4-6-23(21)27-24/h7-12,15,20,27H,3-6,13-14,16H2,1-2H3,(H,26,30). The first-order chi connectivity index (χ1) is 14.6. The normalized spacial score (nSPS) is 18.8. The quantitative estimate of drug-likeness (QED) is 0.678. The van der Waals surface area contributed by atoms with Gasteiger partial charge in [0, 0.05) is 52.7 Å². The van der Waals surface area contributed by atoms with Gasteiger partial charge in [-0.1, -0.05) is 0 Å². The molecule has 2 heterocycles. The summed E-state index contributed by atoms with van der Waals surface area (Å²) in [6.45, 7) is 2.13. The molecule has 2 N–H and O–H groups in total. The molecule has 5 nitrogen and oxygen atoms in total. The van der Waals surface area contributed by atoms with Gasteiger partial charge in [0.1, 0.15) is 0 Å². The summed E-state index contributed by atoms with van der Waals surface area (Å²) in [4.78, 5) is 21.1. The van der Waals surface area contributed by atoms with Crippen LogP contribution in [0, 0.1) is 0 Å². The van der Waals surface area contributed by atoms with Gasteiger partial charge >= 0.3 is 0 Å². The SMILES string of the molecule is CN(C)C1CCN(c2ccc(NC(=O)c3ccc4[nH]c5c(c4c3)CCCC5)cc2)C1. The van der Waals surface area contributed by atoms with Crippen molar-refractivity contribution in [1.82, 2.24) is 9.88 Å². The van der Waals surface area contributed by atoms with Crippen molar-refractivity contribution in [2.75, 3.05) is 37.4 Å². The van der Waals surface area contributed by atoms with E-state index in [1.54, 1.807) is 0 Å². The minimum atomic E-state index is -0.0516. The van der Waals surface area contributed by atoms with Crippen molar-refractivity contribution in [2.45, 2.75) is 38.1 Å². The summed E-state index contributed by atoms with van der Waals surface area (Å²) in [5, 5.41) is 4.27. The van der Waals surface area contributed by atoms with E-state index in [1.165, 1.54) is 41.6 Å². The molecule has 0 radical (unpaired) electrons. The fourth-order valence-electron chi connectivity index (χ4n) is 4.90. The Morgan fingerprint density at radius 1 is 1.10 bits per heavy atom. The number of H-pyrrole nitrogens is 1. The van der Waals surface area contributed by atoms with Crippen LogP contribution >= 0.6 is 0 Å². The van der Waals surface area contributed by atoms with Crippen LogP contribution in [0.1, 0.15) is 40.9 Å². The highest BCUT2D eigenvalue weighted by Gasteiger charge is 2.24. The maximum Gasteiger partial charge on any atom is 0.255 e. The average Bonchev–Trinajstić information content (AvgIpc) is 3.39. The molecule has 1 amide bonds. The number of anilines is 2.